The van der Waals surface area contributed by atoms with Crippen LogP contribution >= 0.6 is 0 Å². The van der Waals surface area contributed by atoms with Gasteiger partial charge in [-0.25, -0.2) is 4.98 Å². The fourth-order valence-corrected chi connectivity index (χ4v) is 7.95. The van der Waals surface area contributed by atoms with Gasteiger partial charge in [-0.3, -0.25) is 15.2 Å². The van der Waals surface area contributed by atoms with Crippen molar-refractivity contribution in [2.24, 2.45) is 10.1 Å². The number of piperidine rings is 1. The van der Waals surface area contributed by atoms with Gasteiger partial charge >= 0.3 is 0 Å². The molecule has 2 aliphatic heterocycles. The number of aliphatic imine (C=N–C) groups is 1. The average molecular weight is 723 g/mol. The molecular formula is C41H54N8O4. The first-order chi connectivity index (χ1) is 25.9. The van der Waals surface area contributed by atoms with Gasteiger partial charge in [-0.2, -0.15) is 5.10 Å². The Morgan fingerprint density at radius 2 is 1.66 bits per heavy atom. The molecule has 3 heterocycles. The maximum Gasteiger partial charge on any atom is 0.254 e. The van der Waals surface area contributed by atoms with Crippen molar-refractivity contribution in [3.05, 3.63) is 77.9 Å². The standard InChI is InChI=1S/C41H54N8O4/c1-42-37(46-43-2)17-11-12-22-49-34-16-10-9-15-33(34)45-40(49)44-32-18-23-47(24-19-32)25-20-41(31-13-7-6-8-14-31)21-26-48(29-41)39(50)30-27-35(51-3)38(53-5)36(28-30)52-4/h6-10,13-16,27-28,32H,2,11-12,17-26,29H2,1,3-5H3,(H,42,46)(H,44,45). The molecule has 2 fully saturated rings. The Kier molecular flexibility index (Phi) is 12.5. The SMILES string of the molecule is C=NNC(CCCCn1c(NC2CCN(CCC3(c4ccccc4)CCN(C(=O)c4cc(OC)c(OC)c(OC)c4)C3)CC2)nc2ccccc21)=NC. The minimum absolute atomic E-state index is 0.0264. The molecule has 0 saturated carbocycles. The van der Waals surface area contributed by atoms with Crippen molar-refractivity contribution in [3.63, 3.8) is 0 Å². The van der Waals surface area contributed by atoms with Gasteiger partial charge in [-0.1, -0.05) is 42.5 Å². The van der Waals surface area contributed by atoms with E-state index >= 15 is 0 Å². The van der Waals surface area contributed by atoms with Crippen molar-refractivity contribution < 1.29 is 19.0 Å². The van der Waals surface area contributed by atoms with Crippen LogP contribution in [-0.2, 0) is 12.0 Å². The molecule has 4 aromatic rings. The van der Waals surface area contributed by atoms with E-state index in [-0.39, 0.29) is 11.3 Å². The monoisotopic (exact) mass is 722 g/mol. The molecular weight excluding hydrogens is 669 g/mol. The summed E-state index contributed by atoms with van der Waals surface area (Å²) in [4.78, 5) is 27.8. The summed E-state index contributed by atoms with van der Waals surface area (Å²) in [6, 6.07) is 23.0. The third-order valence-corrected chi connectivity index (χ3v) is 10.9. The minimum Gasteiger partial charge on any atom is -0.493 e. The number of fused-ring (bicyclic) bond motifs is 1. The number of likely N-dealkylation sites (tertiary alicyclic amines) is 2. The maximum absolute atomic E-state index is 13.9. The van der Waals surface area contributed by atoms with Crippen molar-refractivity contribution in [3.8, 4) is 17.2 Å². The topological polar surface area (TPSA) is 118 Å². The number of ether oxygens (including phenoxy) is 3. The number of carbonyl (C=O) groups is 1. The molecule has 0 spiro atoms. The number of hydrogen-bond donors (Lipinski definition) is 2. The van der Waals surface area contributed by atoms with Gasteiger partial charge in [0.15, 0.2) is 11.5 Å². The molecule has 12 heteroatoms. The highest BCUT2D eigenvalue weighted by molar-refractivity contribution is 5.96. The van der Waals surface area contributed by atoms with Gasteiger partial charge in [0, 0.05) is 69.9 Å². The Morgan fingerprint density at radius 3 is 2.34 bits per heavy atom. The minimum atomic E-state index is -0.125. The summed E-state index contributed by atoms with van der Waals surface area (Å²) < 4.78 is 18.9. The molecule has 0 aliphatic carbocycles. The number of imidazole rings is 1. The van der Waals surface area contributed by atoms with Crippen LogP contribution in [0.5, 0.6) is 17.2 Å². The molecule has 12 nitrogen and oxygen atoms in total. The summed E-state index contributed by atoms with van der Waals surface area (Å²) in [5.41, 5.74) is 6.76. The molecule has 1 amide bonds. The number of anilines is 1. The largest absolute Gasteiger partial charge is 0.493 e. The number of methoxy groups -OCH3 is 3. The van der Waals surface area contributed by atoms with Crippen LogP contribution < -0.4 is 25.0 Å². The van der Waals surface area contributed by atoms with Gasteiger partial charge in [-0.05, 0) is 74.9 Å². The lowest BCUT2D eigenvalue weighted by molar-refractivity contribution is 0.0779. The van der Waals surface area contributed by atoms with E-state index in [1.165, 1.54) is 5.56 Å². The lowest BCUT2D eigenvalue weighted by Crippen LogP contribution is -2.42. The van der Waals surface area contributed by atoms with Crippen LogP contribution in [0, 0.1) is 0 Å². The normalized spacial score (nSPS) is 18.3. The Morgan fingerprint density at radius 1 is 0.943 bits per heavy atom. The molecule has 1 atom stereocenters. The van der Waals surface area contributed by atoms with Gasteiger partial charge in [0.1, 0.15) is 5.84 Å². The second-order valence-electron chi connectivity index (χ2n) is 14.0. The average Bonchev–Trinajstić information content (AvgIpc) is 3.80. The van der Waals surface area contributed by atoms with E-state index in [4.69, 9.17) is 19.2 Å². The highest BCUT2D eigenvalue weighted by atomic mass is 16.5. The first-order valence-electron chi connectivity index (χ1n) is 18.7. The number of amidine groups is 1. The summed E-state index contributed by atoms with van der Waals surface area (Å²) in [5, 5.41) is 7.58. The van der Waals surface area contributed by atoms with E-state index < -0.39 is 0 Å². The molecule has 0 bridgehead atoms. The van der Waals surface area contributed by atoms with E-state index in [0.717, 1.165) is 93.9 Å². The van der Waals surface area contributed by atoms with Gasteiger partial charge in [0.05, 0.1) is 32.4 Å². The Labute approximate surface area is 313 Å². The van der Waals surface area contributed by atoms with E-state index in [9.17, 15) is 4.79 Å². The Balaban J connectivity index is 1.08. The molecule has 282 valence electrons. The Bertz CT molecular complexity index is 1850. The molecule has 3 aromatic carbocycles. The van der Waals surface area contributed by atoms with Crippen LogP contribution in [0.3, 0.4) is 0 Å². The number of rotatable bonds is 16. The first kappa shape index (κ1) is 37.7. The summed E-state index contributed by atoms with van der Waals surface area (Å²) >= 11 is 0. The fraction of sp³-hybridized carbons (Fsp3) is 0.463. The highest BCUT2D eigenvalue weighted by Gasteiger charge is 2.42. The number of hydrogen-bond acceptors (Lipinski definition) is 9. The van der Waals surface area contributed by atoms with E-state index in [1.54, 1.807) is 40.5 Å². The zero-order chi connectivity index (χ0) is 37.2. The molecule has 53 heavy (non-hydrogen) atoms. The number of unbranched alkanes of at least 4 members (excludes halogenated alkanes) is 1. The molecule has 6 rings (SSSR count). The first-order valence-corrected chi connectivity index (χ1v) is 18.7. The van der Waals surface area contributed by atoms with Crippen molar-refractivity contribution in [1.82, 2.24) is 24.8 Å². The number of nitrogens with one attached hydrogen (secondary N) is 2. The van der Waals surface area contributed by atoms with Crippen LogP contribution in [0.2, 0.25) is 0 Å². The zero-order valence-corrected chi connectivity index (χ0v) is 31.6. The quantitative estimate of drug-likeness (QED) is 0.0607. The van der Waals surface area contributed by atoms with Crippen molar-refractivity contribution in [2.75, 3.05) is 66.4 Å². The van der Waals surface area contributed by atoms with Crippen molar-refractivity contribution in [1.29, 1.82) is 0 Å². The van der Waals surface area contributed by atoms with Gasteiger partial charge in [-0.15, -0.1) is 0 Å². The number of amides is 1. The predicted molar refractivity (Wildman–Crippen MR) is 212 cm³/mol. The number of aryl methyl sites for hydroxylation is 1. The van der Waals surface area contributed by atoms with Gasteiger partial charge in [0.2, 0.25) is 11.7 Å². The number of nitrogens with zero attached hydrogens (tertiary/aromatic N) is 6. The van der Waals surface area contributed by atoms with Crippen LogP contribution in [-0.4, -0.2) is 105 Å². The summed E-state index contributed by atoms with van der Waals surface area (Å²) in [7, 11) is 6.48. The van der Waals surface area contributed by atoms with Crippen LogP contribution in [0.4, 0.5) is 5.95 Å². The lowest BCUT2D eigenvalue weighted by atomic mass is 9.76. The van der Waals surface area contributed by atoms with Crippen molar-refractivity contribution >= 4 is 35.4 Å². The second kappa shape index (κ2) is 17.6. The molecule has 1 unspecified atom stereocenters. The van der Waals surface area contributed by atoms with Crippen LogP contribution in [0.15, 0.2) is 76.8 Å². The lowest BCUT2D eigenvalue weighted by Gasteiger charge is -2.36. The van der Waals surface area contributed by atoms with Crippen molar-refractivity contribution in [2.45, 2.75) is 62.9 Å². The number of carbonyl (C=O) groups excluding carboxylic acids is 1. The zero-order valence-electron chi connectivity index (χ0n) is 31.6. The summed E-state index contributed by atoms with van der Waals surface area (Å²) in [5.74, 6) is 3.21. The number of benzene rings is 3. The smallest absolute Gasteiger partial charge is 0.254 e. The van der Waals surface area contributed by atoms with Crippen LogP contribution in [0.25, 0.3) is 11.0 Å². The predicted octanol–water partition coefficient (Wildman–Crippen LogP) is 6.22. The third-order valence-electron chi connectivity index (χ3n) is 10.9. The van der Waals surface area contributed by atoms with Gasteiger partial charge in [0.25, 0.3) is 5.91 Å². The summed E-state index contributed by atoms with van der Waals surface area (Å²) in [6.45, 7) is 8.74. The number of aromatic nitrogens is 2. The van der Waals surface area contributed by atoms with E-state index in [0.29, 0.717) is 41.9 Å². The maximum atomic E-state index is 13.9. The summed E-state index contributed by atoms with van der Waals surface area (Å²) in [6.07, 6.45) is 6.80. The number of para-hydroxylation sites is 2. The van der Waals surface area contributed by atoms with E-state index in [1.807, 2.05) is 4.90 Å². The second-order valence-corrected chi connectivity index (χ2v) is 14.0. The molecule has 2 N–H and O–H groups in total. The fourth-order valence-electron chi connectivity index (χ4n) is 7.95. The molecule has 2 saturated heterocycles. The highest BCUT2D eigenvalue weighted by Crippen LogP contribution is 2.41. The van der Waals surface area contributed by atoms with Gasteiger partial charge < -0.3 is 33.9 Å². The van der Waals surface area contributed by atoms with Crippen LogP contribution in [0.1, 0.15) is 60.9 Å². The Hall–Kier alpha value is -5.10. The molecule has 1 aromatic heterocycles. The van der Waals surface area contributed by atoms with E-state index in [2.05, 4.69) is 91.6 Å². The molecule has 2 aliphatic rings. The number of hydrazone groups is 1. The molecule has 0 radical (unpaired) electrons. The third kappa shape index (κ3) is 8.59.